The summed E-state index contributed by atoms with van der Waals surface area (Å²) in [6, 6.07) is 1.61. The minimum Gasteiger partial charge on any atom is -0.354 e. The van der Waals surface area contributed by atoms with Gasteiger partial charge in [0.2, 0.25) is 5.95 Å². The summed E-state index contributed by atoms with van der Waals surface area (Å²) in [4.78, 5) is 9.25. The van der Waals surface area contributed by atoms with Crippen LogP contribution in [0.25, 0.3) is 0 Å². The van der Waals surface area contributed by atoms with E-state index in [2.05, 4.69) is 15.4 Å². The Balaban J connectivity index is 2.88. The molecule has 0 atom stereocenters. The number of nitrogens with zero attached hydrogens (tertiary/aromatic N) is 3. The molecule has 7 heteroatoms. The van der Waals surface area contributed by atoms with E-state index in [0.29, 0.717) is 11.5 Å². The maximum atomic E-state index is 12.1. The van der Waals surface area contributed by atoms with E-state index in [1.54, 1.807) is 13.0 Å². The second kappa shape index (κ2) is 4.83. The molecule has 0 aliphatic carbocycles. The summed E-state index contributed by atoms with van der Waals surface area (Å²) >= 11 is 0. The summed E-state index contributed by atoms with van der Waals surface area (Å²) in [5, 5.41) is 0. The highest BCUT2D eigenvalue weighted by atomic mass is 19.3. The van der Waals surface area contributed by atoms with Crippen molar-refractivity contribution in [2.75, 3.05) is 23.9 Å². The van der Waals surface area contributed by atoms with Crippen molar-refractivity contribution in [3.63, 3.8) is 0 Å². The third-order valence-corrected chi connectivity index (χ3v) is 1.77. The van der Waals surface area contributed by atoms with Gasteiger partial charge in [-0.05, 0) is 6.92 Å². The molecule has 0 amide bonds. The van der Waals surface area contributed by atoms with E-state index >= 15 is 0 Å². The first-order valence-corrected chi connectivity index (χ1v) is 4.34. The Morgan fingerprint density at radius 1 is 1.53 bits per heavy atom. The zero-order valence-corrected chi connectivity index (χ0v) is 8.54. The number of alkyl halides is 2. The molecule has 3 N–H and O–H groups in total. The van der Waals surface area contributed by atoms with Gasteiger partial charge in [-0.15, -0.1) is 0 Å². The molecule has 1 heterocycles. The van der Waals surface area contributed by atoms with Crippen LogP contribution in [0.1, 0.15) is 5.69 Å². The summed E-state index contributed by atoms with van der Waals surface area (Å²) in [5.74, 6) is 5.77. The standard InChI is InChI=1S/C8H13F2N5/c1-5-3-7(13-8(12-5)14-11)15(2)4-6(9)10/h3,6H,4,11H2,1-2H3,(H,12,13,14). The lowest BCUT2D eigenvalue weighted by Crippen LogP contribution is -2.25. The minimum atomic E-state index is -2.40. The Morgan fingerprint density at radius 2 is 2.20 bits per heavy atom. The van der Waals surface area contributed by atoms with Crippen LogP contribution in [0.2, 0.25) is 0 Å². The fourth-order valence-electron chi connectivity index (χ4n) is 1.11. The summed E-state index contributed by atoms with van der Waals surface area (Å²) in [5.41, 5.74) is 2.94. The predicted octanol–water partition coefficient (Wildman–Crippen LogP) is 0.772. The van der Waals surface area contributed by atoms with Gasteiger partial charge in [-0.2, -0.15) is 4.98 Å². The molecule has 0 saturated heterocycles. The van der Waals surface area contributed by atoms with Crippen LogP contribution in [0, 0.1) is 6.92 Å². The number of aromatic nitrogens is 2. The van der Waals surface area contributed by atoms with Gasteiger partial charge in [-0.3, -0.25) is 5.43 Å². The molecular weight excluding hydrogens is 204 g/mol. The molecule has 0 saturated carbocycles. The van der Waals surface area contributed by atoms with Gasteiger partial charge in [0.05, 0.1) is 6.54 Å². The summed E-state index contributed by atoms with van der Waals surface area (Å²) in [6.07, 6.45) is -2.40. The predicted molar refractivity (Wildman–Crippen MR) is 53.9 cm³/mol. The van der Waals surface area contributed by atoms with Crippen LogP contribution in [-0.4, -0.2) is 30.0 Å². The van der Waals surface area contributed by atoms with Crippen molar-refractivity contribution in [2.45, 2.75) is 13.3 Å². The molecule has 0 radical (unpaired) electrons. The van der Waals surface area contributed by atoms with Gasteiger partial charge in [0.1, 0.15) is 5.82 Å². The van der Waals surface area contributed by atoms with Gasteiger partial charge >= 0.3 is 0 Å². The summed E-state index contributed by atoms with van der Waals surface area (Å²) in [6.45, 7) is 1.36. The quantitative estimate of drug-likeness (QED) is 0.576. The molecule has 1 rings (SSSR count). The second-order valence-corrected chi connectivity index (χ2v) is 3.11. The highest BCUT2D eigenvalue weighted by molar-refractivity contribution is 5.43. The molecule has 1 aromatic rings. The van der Waals surface area contributed by atoms with Crippen LogP contribution in [0.5, 0.6) is 0 Å². The molecule has 15 heavy (non-hydrogen) atoms. The van der Waals surface area contributed by atoms with Crippen molar-refractivity contribution in [1.29, 1.82) is 0 Å². The first kappa shape index (κ1) is 11.6. The van der Waals surface area contributed by atoms with Gasteiger partial charge in [0.15, 0.2) is 0 Å². The highest BCUT2D eigenvalue weighted by Gasteiger charge is 2.11. The van der Waals surface area contributed by atoms with Crippen LogP contribution in [-0.2, 0) is 0 Å². The van der Waals surface area contributed by atoms with Crippen LogP contribution in [0.4, 0.5) is 20.5 Å². The number of hydrogen-bond donors (Lipinski definition) is 2. The fraction of sp³-hybridized carbons (Fsp3) is 0.500. The van der Waals surface area contributed by atoms with Crippen molar-refractivity contribution in [3.05, 3.63) is 11.8 Å². The lowest BCUT2D eigenvalue weighted by molar-refractivity contribution is 0.156. The van der Waals surface area contributed by atoms with Crippen molar-refractivity contribution in [1.82, 2.24) is 9.97 Å². The van der Waals surface area contributed by atoms with E-state index in [-0.39, 0.29) is 12.5 Å². The number of hydrogen-bond acceptors (Lipinski definition) is 5. The number of nitrogens with two attached hydrogens (primary N) is 1. The van der Waals surface area contributed by atoms with E-state index in [4.69, 9.17) is 5.84 Å². The summed E-state index contributed by atoms with van der Waals surface area (Å²) in [7, 11) is 1.54. The van der Waals surface area contributed by atoms with Gasteiger partial charge < -0.3 is 4.90 Å². The van der Waals surface area contributed by atoms with Gasteiger partial charge in [-0.1, -0.05) is 0 Å². The maximum Gasteiger partial charge on any atom is 0.255 e. The van der Waals surface area contributed by atoms with Crippen LogP contribution in [0.15, 0.2) is 6.07 Å². The van der Waals surface area contributed by atoms with Gasteiger partial charge in [0.25, 0.3) is 6.43 Å². The second-order valence-electron chi connectivity index (χ2n) is 3.11. The number of anilines is 2. The number of aryl methyl sites for hydroxylation is 1. The third kappa shape index (κ3) is 3.28. The summed E-state index contributed by atoms with van der Waals surface area (Å²) < 4.78 is 24.3. The first-order valence-electron chi connectivity index (χ1n) is 4.34. The average molecular weight is 217 g/mol. The Morgan fingerprint density at radius 3 is 2.73 bits per heavy atom. The van der Waals surface area contributed by atoms with E-state index in [1.807, 2.05) is 0 Å². The molecule has 5 nitrogen and oxygen atoms in total. The zero-order valence-electron chi connectivity index (χ0n) is 8.54. The number of hydrazine groups is 1. The molecular formula is C8H13F2N5. The van der Waals surface area contributed by atoms with E-state index < -0.39 is 6.43 Å². The Hall–Kier alpha value is -1.50. The maximum absolute atomic E-state index is 12.1. The molecule has 0 aliphatic rings. The minimum absolute atomic E-state index is 0.214. The third-order valence-electron chi connectivity index (χ3n) is 1.77. The monoisotopic (exact) mass is 217 g/mol. The number of nitrogen functional groups attached to an aromatic ring is 1. The smallest absolute Gasteiger partial charge is 0.255 e. The number of rotatable bonds is 4. The Labute approximate surface area is 86.3 Å². The van der Waals surface area contributed by atoms with Crippen molar-refractivity contribution >= 4 is 11.8 Å². The molecule has 0 aromatic carbocycles. The van der Waals surface area contributed by atoms with Crippen molar-refractivity contribution < 1.29 is 8.78 Å². The largest absolute Gasteiger partial charge is 0.354 e. The first-order chi connectivity index (χ1) is 7.02. The highest BCUT2D eigenvalue weighted by Crippen LogP contribution is 2.13. The topological polar surface area (TPSA) is 67.1 Å². The fourth-order valence-corrected chi connectivity index (χ4v) is 1.11. The van der Waals surface area contributed by atoms with Gasteiger partial charge in [-0.25, -0.2) is 19.6 Å². The normalized spacial score (nSPS) is 10.5. The molecule has 0 spiro atoms. The molecule has 0 bridgehead atoms. The van der Waals surface area contributed by atoms with Crippen molar-refractivity contribution in [3.8, 4) is 0 Å². The van der Waals surface area contributed by atoms with Crippen molar-refractivity contribution in [2.24, 2.45) is 5.84 Å². The average Bonchev–Trinajstić information content (AvgIpc) is 2.15. The van der Waals surface area contributed by atoms with E-state index in [9.17, 15) is 8.78 Å². The lowest BCUT2D eigenvalue weighted by atomic mass is 10.4. The molecule has 0 fully saturated rings. The molecule has 0 aliphatic heterocycles. The van der Waals surface area contributed by atoms with Crippen LogP contribution >= 0.6 is 0 Å². The van der Waals surface area contributed by atoms with Crippen LogP contribution < -0.4 is 16.2 Å². The molecule has 0 unspecified atom stereocenters. The Bertz CT molecular complexity index is 331. The zero-order chi connectivity index (χ0) is 11.4. The number of nitrogens with one attached hydrogen (secondary N) is 1. The molecule has 84 valence electrons. The van der Waals surface area contributed by atoms with Crippen LogP contribution in [0.3, 0.4) is 0 Å². The van der Waals surface area contributed by atoms with E-state index in [1.165, 1.54) is 11.9 Å². The lowest BCUT2D eigenvalue weighted by Gasteiger charge is -2.18. The van der Waals surface area contributed by atoms with E-state index in [0.717, 1.165) is 0 Å². The SMILES string of the molecule is Cc1cc(N(C)CC(F)F)nc(NN)n1. The number of halogens is 2. The Kier molecular flexibility index (Phi) is 3.73. The molecule has 1 aromatic heterocycles. The van der Waals surface area contributed by atoms with Gasteiger partial charge in [0, 0.05) is 18.8 Å².